The molecule has 0 aromatic carbocycles. The van der Waals surface area contributed by atoms with Crippen molar-refractivity contribution in [2.75, 3.05) is 19.6 Å². The fourth-order valence-corrected chi connectivity index (χ4v) is 4.76. The van der Waals surface area contributed by atoms with E-state index >= 15 is 0 Å². The molecule has 0 bridgehead atoms. The summed E-state index contributed by atoms with van der Waals surface area (Å²) < 4.78 is 0. The molecule has 2 saturated heterocycles. The van der Waals surface area contributed by atoms with Gasteiger partial charge in [-0.25, -0.2) is 9.80 Å². The number of rotatable bonds is 8. The van der Waals surface area contributed by atoms with Gasteiger partial charge in [0.2, 0.25) is 17.7 Å². The minimum atomic E-state index is -0.696. The number of hydrazine groups is 1. The number of amides is 5. The third kappa shape index (κ3) is 4.90. The van der Waals surface area contributed by atoms with Crippen LogP contribution < -0.4 is 16.1 Å². The molecule has 10 heteroatoms. The van der Waals surface area contributed by atoms with Crippen molar-refractivity contribution in [3.05, 3.63) is 12.7 Å². The molecule has 2 aliphatic heterocycles. The van der Waals surface area contributed by atoms with Gasteiger partial charge in [-0.3, -0.25) is 19.3 Å². The molecule has 3 fully saturated rings. The quantitative estimate of drug-likeness (QED) is 0.471. The van der Waals surface area contributed by atoms with Crippen molar-refractivity contribution in [3.8, 4) is 0 Å². The van der Waals surface area contributed by atoms with E-state index in [0.29, 0.717) is 31.7 Å². The molecule has 0 aromatic rings. The number of hydrogen-bond donors (Lipinski definition) is 3. The van der Waals surface area contributed by atoms with Crippen LogP contribution in [0.3, 0.4) is 0 Å². The van der Waals surface area contributed by atoms with Crippen molar-refractivity contribution in [2.45, 2.75) is 65.3 Å². The Hall–Kier alpha value is -2.62. The minimum absolute atomic E-state index is 0.0255. The molecule has 4 unspecified atom stereocenters. The zero-order chi connectivity index (χ0) is 23.6. The maximum absolute atomic E-state index is 13.3. The largest absolute Gasteiger partial charge is 0.356 e. The molecule has 4 atom stereocenters. The van der Waals surface area contributed by atoms with Crippen LogP contribution in [0, 0.1) is 17.8 Å². The monoisotopic (exact) mass is 448 g/mol. The molecule has 3 rings (SSSR count). The molecule has 178 valence electrons. The summed E-state index contributed by atoms with van der Waals surface area (Å²) in [5.74, 6) is -0.629. The van der Waals surface area contributed by atoms with Gasteiger partial charge in [0.25, 0.3) is 0 Å². The van der Waals surface area contributed by atoms with Crippen LogP contribution in [0.4, 0.5) is 4.79 Å². The maximum atomic E-state index is 13.3. The number of hydrogen-bond acceptors (Lipinski definition) is 5. The molecule has 5 amide bonds. The Kier molecular flexibility index (Phi) is 7.43. The first-order valence-corrected chi connectivity index (χ1v) is 11.5. The third-order valence-electron chi connectivity index (χ3n) is 6.19. The second-order valence-electron chi connectivity index (χ2n) is 9.60. The fourth-order valence-electron chi connectivity index (χ4n) is 4.76. The summed E-state index contributed by atoms with van der Waals surface area (Å²) in [6.45, 7) is 12.2. The lowest BCUT2D eigenvalue weighted by molar-refractivity contribution is -0.157. The Morgan fingerprint density at radius 3 is 2.56 bits per heavy atom. The number of carbonyl (C=O) groups is 4. The normalized spacial score (nSPS) is 27.5. The summed E-state index contributed by atoms with van der Waals surface area (Å²) in [4.78, 5) is 54.8. The lowest BCUT2D eigenvalue weighted by Gasteiger charge is -2.49. The lowest BCUT2D eigenvalue weighted by atomic mass is 9.75. The van der Waals surface area contributed by atoms with Gasteiger partial charge in [-0.2, -0.15) is 5.43 Å². The van der Waals surface area contributed by atoms with Crippen molar-refractivity contribution in [2.24, 2.45) is 17.8 Å². The molecule has 0 spiro atoms. The summed E-state index contributed by atoms with van der Waals surface area (Å²) in [6, 6.07) is -0.793. The molecule has 32 heavy (non-hydrogen) atoms. The van der Waals surface area contributed by atoms with E-state index < -0.39 is 12.3 Å². The Bertz CT molecular complexity index is 770. The highest BCUT2D eigenvalue weighted by molar-refractivity contribution is 5.89. The van der Waals surface area contributed by atoms with Gasteiger partial charge in [0.05, 0.1) is 5.92 Å². The smallest absolute Gasteiger partial charge is 0.337 e. The van der Waals surface area contributed by atoms with Crippen LogP contribution in [0.15, 0.2) is 12.7 Å². The summed E-state index contributed by atoms with van der Waals surface area (Å²) in [5.41, 5.74) is 3.03. The Morgan fingerprint density at radius 2 is 1.94 bits per heavy atom. The highest BCUT2D eigenvalue weighted by Gasteiger charge is 2.55. The molecule has 0 radical (unpaired) electrons. The molecule has 10 nitrogen and oxygen atoms in total. The second-order valence-corrected chi connectivity index (χ2v) is 9.60. The zero-order valence-electron chi connectivity index (χ0n) is 19.5. The molecular weight excluding hydrogens is 412 g/mol. The molecule has 2 heterocycles. The molecule has 3 aliphatic rings. The van der Waals surface area contributed by atoms with Crippen molar-refractivity contribution in [1.29, 1.82) is 0 Å². The highest BCUT2D eigenvalue weighted by atomic mass is 16.2. The second kappa shape index (κ2) is 9.89. The van der Waals surface area contributed by atoms with Crippen LogP contribution in [0.1, 0.15) is 47.0 Å². The number of nitrogens with zero attached hydrogens (tertiary/aromatic N) is 3. The van der Waals surface area contributed by atoms with Crippen LogP contribution >= 0.6 is 0 Å². The predicted molar refractivity (Wildman–Crippen MR) is 119 cm³/mol. The van der Waals surface area contributed by atoms with Gasteiger partial charge in [0.15, 0.2) is 6.29 Å². The van der Waals surface area contributed by atoms with E-state index in [9.17, 15) is 19.2 Å². The van der Waals surface area contributed by atoms with Crippen LogP contribution in [0.5, 0.6) is 0 Å². The van der Waals surface area contributed by atoms with E-state index in [1.54, 1.807) is 15.9 Å². The predicted octanol–water partition coefficient (Wildman–Crippen LogP) is 0.622. The van der Waals surface area contributed by atoms with Crippen LogP contribution in [0.2, 0.25) is 0 Å². The first-order chi connectivity index (χ1) is 15.1. The van der Waals surface area contributed by atoms with Gasteiger partial charge < -0.3 is 15.5 Å². The number of nitrogens with one attached hydrogen (secondary N) is 3. The van der Waals surface area contributed by atoms with Crippen LogP contribution in [0.25, 0.3) is 0 Å². The van der Waals surface area contributed by atoms with Crippen molar-refractivity contribution < 1.29 is 19.2 Å². The summed E-state index contributed by atoms with van der Waals surface area (Å²) in [5, 5.41) is 7.02. The third-order valence-corrected chi connectivity index (χ3v) is 6.19. The van der Waals surface area contributed by atoms with E-state index in [1.165, 1.54) is 5.01 Å². The lowest BCUT2D eigenvalue weighted by Crippen LogP contribution is -2.67. The number of carbonyl (C=O) groups excluding carboxylic acids is 4. The van der Waals surface area contributed by atoms with Crippen molar-refractivity contribution >= 4 is 23.8 Å². The van der Waals surface area contributed by atoms with E-state index in [2.05, 4.69) is 22.6 Å². The van der Waals surface area contributed by atoms with Crippen molar-refractivity contribution in [1.82, 2.24) is 30.9 Å². The van der Waals surface area contributed by atoms with Crippen LogP contribution in [-0.2, 0) is 14.4 Å². The van der Waals surface area contributed by atoms with E-state index in [0.717, 1.165) is 0 Å². The average molecular weight is 449 g/mol. The Balaban J connectivity index is 1.80. The van der Waals surface area contributed by atoms with Gasteiger partial charge in [0.1, 0.15) is 6.54 Å². The molecule has 0 aromatic heterocycles. The number of urea groups is 1. The van der Waals surface area contributed by atoms with Gasteiger partial charge in [0, 0.05) is 31.1 Å². The van der Waals surface area contributed by atoms with Gasteiger partial charge >= 0.3 is 6.03 Å². The van der Waals surface area contributed by atoms with E-state index in [4.69, 9.17) is 0 Å². The van der Waals surface area contributed by atoms with Gasteiger partial charge in [-0.05, 0) is 39.0 Å². The molecular formula is C22H36N6O4. The Morgan fingerprint density at radius 1 is 1.22 bits per heavy atom. The first-order valence-electron chi connectivity index (χ1n) is 11.5. The van der Waals surface area contributed by atoms with E-state index in [-0.39, 0.29) is 54.7 Å². The zero-order valence-corrected chi connectivity index (χ0v) is 19.5. The van der Waals surface area contributed by atoms with Gasteiger partial charge in [-0.15, -0.1) is 6.58 Å². The van der Waals surface area contributed by atoms with Crippen LogP contribution in [-0.4, -0.2) is 76.6 Å². The maximum Gasteiger partial charge on any atom is 0.337 e. The average Bonchev–Trinajstić information content (AvgIpc) is 3.04. The topological polar surface area (TPSA) is 114 Å². The summed E-state index contributed by atoms with van der Waals surface area (Å²) in [6.07, 6.45) is 2.51. The standard InChI is InChI=1S/C22H36N6O4/c1-6-9-26-20(31)16-8-7-15(19(30)23-11-13(2)3)10-17(16)28-21(26)25-27(22(28)32)12-18(29)24-14(4)5/h6,13-17,21,25H,1,7-12H2,2-5H3,(H,23,30)(H,24,29). The number of fused-ring (bicyclic) bond motifs is 3. The Labute approximate surface area is 189 Å². The summed E-state index contributed by atoms with van der Waals surface area (Å²) >= 11 is 0. The van der Waals surface area contributed by atoms with Gasteiger partial charge in [-0.1, -0.05) is 19.9 Å². The van der Waals surface area contributed by atoms with Crippen molar-refractivity contribution in [3.63, 3.8) is 0 Å². The molecule has 1 saturated carbocycles. The fraction of sp³-hybridized carbons (Fsp3) is 0.727. The first kappa shape index (κ1) is 24.0. The SMILES string of the molecule is C=CCN1C(=O)C2CCC(C(=O)NCC(C)C)CC2N2C(=O)N(CC(=O)NC(C)C)NC12. The summed E-state index contributed by atoms with van der Waals surface area (Å²) in [7, 11) is 0. The highest BCUT2D eigenvalue weighted by Crippen LogP contribution is 2.40. The molecule has 3 N–H and O–H groups in total. The van der Waals surface area contributed by atoms with E-state index in [1.807, 2.05) is 27.7 Å². The molecule has 1 aliphatic carbocycles. The minimum Gasteiger partial charge on any atom is -0.356 e.